The minimum absolute atomic E-state index is 0.211. The predicted molar refractivity (Wildman–Crippen MR) is 91.9 cm³/mol. The van der Waals surface area contributed by atoms with Crippen LogP contribution in [-0.2, 0) is 0 Å². The molecular weight excluding hydrogens is 383 g/mol. The van der Waals surface area contributed by atoms with E-state index in [0.717, 1.165) is 30.5 Å². The first-order valence-electron chi connectivity index (χ1n) is 6.20. The van der Waals surface area contributed by atoms with Gasteiger partial charge in [-0.1, -0.05) is 35.9 Å². The third-order valence-electron chi connectivity index (χ3n) is 3.36. The van der Waals surface area contributed by atoms with Crippen molar-refractivity contribution >= 4 is 45.0 Å². The molecule has 0 bridgehead atoms. The van der Waals surface area contributed by atoms with E-state index < -0.39 is 0 Å². The van der Waals surface area contributed by atoms with Crippen molar-refractivity contribution in [1.29, 1.82) is 0 Å². The molecule has 3 aromatic rings. The molecule has 4 heteroatoms. The zero-order valence-electron chi connectivity index (χ0n) is 10.6. The Hall–Kier alpha value is -1.17. The summed E-state index contributed by atoms with van der Waals surface area (Å²) in [4.78, 5) is 4.20. The van der Waals surface area contributed by atoms with Crippen molar-refractivity contribution in [2.75, 3.05) is 0 Å². The van der Waals surface area contributed by atoms with Crippen LogP contribution in [-0.4, -0.2) is 4.98 Å². The summed E-state index contributed by atoms with van der Waals surface area (Å²) in [5.41, 5.74) is 8.48. The summed E-state index contributed by atoms with van der Waals surface area (Å²) in [7, 11) is 0. The number of rotatable bonds is 2. The Morgan fingerprint density at radius 3 is 2.80 bits per heavy atom. The lowest BCUT2D eigenvalue weighted by molar-refractivity contribution is 0.880. The fourth-order valence-corrected chi connectivity index (χ4v) is 2.82. The number of benzene rings is 2. The maximum atomic E-state index is 6.41. The number of aromatic nitrogens is 1. The second-order valence-electron chi connectivity index (χ2n) is 4.60. The van der Waals surface area contributed by atoms with E-state index in [1.807, 2.05) is 42.6 Å². The summed E-state index contributed by atoms with van der Waals surface area (Å²) in [6.45, 7) is 0. The van der Waals surface area contributed by atoms with Crippen LogP contribution in [0.5, 0.6) is 0 Å². The predicted octanol–water partition coefficient (Wildman–Crippen LogP) is 4.54. The molecule has 1 heterocycles. The van der Waals surface area contributed by atoms with Gasteiger partial charge in [0.15, 0.2) is 0 Å². The third-order valence-corrected chi connectivity index (χ3v) is 4.93. The van der Waals surface area contributed by atoms with E-state index in [0.29, 0.717) is 0 Å². The van der Waals surface area contributed by atoms with Crippen molar-refractivity contribution < 1.29 is 0 Å². The van der Waals surface area contributed by atoms with Crippen molar-refractivity contribution in [2.45, 2.75) is 6.04 Å². The standard InChI is InChI=1S/C16H12ClIN2/c17-14-8-11(4-5-15(14)18)16(19)12-3-1-2-10-6-7-20-9-13(10)12/h1-9,16H,19H2. The highest BCUT2D eigenvalue weighted by molar-refractivity contribution is 14.1. The first-order chi connectivity index (χ1) is 9.66. The zero-order chi connectivity index (χ0) is 14.1. The van der Waals surface area contributed by atoms with Crippen LogP contribution < -0.4 is 5.73 Å². The van der Waals surface area contributed by atoms with Gasteiger partial charge in [0, 0.05) is 21.4 Å². The Balaban J connectivity index is 2.12. The van der Waals surface area contributed by atoms with Crippen LogP contribution in [0.25, 0.3) is 10.8 Å². The largest absolute Gasteiger partial charge is 0.320 e. The fraction of sp³-hybridized carbons (Fsp3) is 0.0625. The maximum absolute atomic E-state index is 6.41. The lowest BCUT2D eigenvalue weighted by Crippen LogP contribution is -2.12. The number of hydrogen-bond acceptors (Lipinski definition) is 2. The molecule has 0 saturated carbocycles. The lowest BCUT2D eigenvalue weighted by atomic mass is 9.95. The molecule has 3 rings (SSSR count). The molecule has 1 atom stereocenters. The highest BCUT2D eigenvalue weighted by Gasteiger charge is 2.13. The quantitative estimate of drug-likeness (QED) is 0.648. The molecular formula is C16H12ClIN2. The molecule has 20 heavy (non-hydrogen) atoms. The molecule has 0 spiro atoms. The molecule has 2 nitrogen and oxygen atoms in total. The van der Waals surface area contributed by atoms with Gasteiger partial charge in [-0.15, -0.1) is 0 Å². The van der Waals surface area contributed by atoms with E-state index in [2.05, 4.69) is 33.6 Å². The summed E-state index contributed by atoms with van der Waals surface area (Å²) in [5.74, 6) is 0. The maximum Gasteiger partial charge on any atom is 0.0558 e. The van der Waals surface area contributed by atoms with Crippen LogP contribution >= 0.6 is 34.2 Å². The Labute approximate surface area is 136 Å². The second-order valence-corrected chi connectivity index (χ2v) is 6.16. The molecule has 0 saturated heterocycles. The van der Waals surface area contributed by atoms with Crippen molar-refractivity contribution in [1.82, 2.24) is 4.98 Å². The number of fused-ring (bicyclic) bond motifs is 1. The molecule has 100 valence electrons. The lowest BCUT2D eigenvalue weighted by Gasteiger charge is -2.15. The van der Waals surface area contributed by atoms with Crippen LogP contribution in [0.15, 0.2) is 54.9 Å². The summed E-state index contributed by atoms with van der Waals surface area (Å²) in [6, 6.07) is 13.8. The van der Waals surface area contributed by atoms with Crippen molar-refractivity contribution in [3.8, 4) is 0 Å². The average molecular weight is 395 g/mol. The summed E-state index contributed by atoms with van der Waals surface area (Å²) >= 11 is 8.40. The summed E-state index contributed by atoms with van der Waals surface area (Å²) < 4.78 is 1.03. The monoisotopic (exact) mass is 394 g/mol. The molecule has 2 N–H and O–H groups in total. The van der Waals surface area contributed by atoms with E-state index in [9.17, 15) is 0 Å². The molecule has 0 aliphatic heterocycles. The Bertz CT molecular complexity index is 768. The molecule has 0 aliphatic rings. The van der Waals surface area contributed by atoms with Gasteiger partial charge in [-0.3, -0.25) is 4.98 Å². The SMILES string of the molecule is NC(c1ccc(I)c(Cl)c1)c1cccc2ccncc12. The second kappa shape index (κ2) is 5.68. The Morgan fingerprint density at radius 2 is 2.00 bits per heavy atom. The van der Waals surface area contributed by atoms with E-state index in [4.69, 9.17) is 17.3 Å². The summed E-state index contributed by atoms with van der Waals surface area (Å²) in [6.07, 6.45) is 3.65. The first-order valence-corrected chi connectivity index (χ1v) is 7.65. The molecule has 1 unspecified atom stereocenters. The molecule has 2 aromatic carbocycles. The number of hydrogen-bond donors (Lipinski definition) is 1. The van der Waals surface area contributed by atoms with Gasteiger partial charge >= 0.3 is 0 Å². The van der Waals surface area contributed by atoms with Crippen LogP contribution in [0.1, 0.15) is 17.2 Å². The molecule has 0 radical (unpaired) electrons. The Kier molecular flexibility index (Phi) is 3.92. The van der Waals surface area contributed by atoms with E-state index in [1.54, 1.807) is 6.20 Å². The highest BCUT2D eigenvalue weighted by atomic mass is 127. The molecule has 0 aliphatic carbocycles. The van der Waals surface area contributed by atoms with E-state index >= 15 is 0 Å². The zero-order valence-corrected chi connectivity index (χ0v) is 13.5. The smallest absolute Gasteiger partial charge is 0.0558 e. The Morgan fingerprint density at radius 1 is 1.15 bits per heavy atom. The number of nitrogens with two attached hydrogens (primary N) is 1. The summed E-state index contributed by atoms with van der Waals surface area (Å²) in [5, 5.41) is 2.96. The van der Waals surface area contributed by atoms with Crippen LogP contribution in [0.4, 0.5) is 0 Å². The topological polar surface area (TPSA) is 38.9 Å². The highest BCUT2D eigenvalue weighted by Crippen LogP contribution is 2.29. The minimum atomic E-state index is -0.211. The van der Waals surface area contributed by atoms with Crippen molar-refractivity contribution in [3.05, 3.63) is 74.6 Å². The number of pyridine rings is 1. The fourth-order valence-electron chi connectivity index (χ4n) is 2.29. The van der Waals surface area contributed by atoms with Gasteiger partial charge in [0.2, 0.25) is 0 Å². The normalized spacial score (nSPS) is 12.6. The molecule has 0 fully saturated rings. The van der Waals surface area contributed by atoms with Gasteiger partial charge in [0.05, 0.1) is 11.1 Å². The average Bonchev–Trinajstić information content (AvgIpc) is 2.49. The molecule has 0 amide bonds. The van der Waals surface area contributed by atoms with Gasteiger partial charge in [0.25, 0.3) is 0 Å². The van der Waals surface area contributed by atoms with Gasteiger partial charge < -0.3 is 5.73 Å². The third kappa shape index (κ3) is 2.53. The van der Waals surface area contributed by atoms with Gasteiger partial charge in [-0.2, -0.15) is 0 Å². The van der Waals surface area contributed by atoms with E-state index in [1.165, 1.54) is 0 Å². The molecule has 1 aromatic heterocycles. The van der Waals surface area contributed by atoms with Gasteiger partial charge in [0.1, 0.15) is 0 Å². The van der Waals surface area contributed by atoms with Crippen LogP contribution in [0.2, 0.25) is 5.02 Å². The van der Waals surface area contributed by atoms with Crippen molar-refractivity contribution in [2.24, 2.45) is 5.73 Å². The minimum Gasteiger partial charge on any atom is -0.320 e. The van der Waals surface area contributed by atoms with E-state index in [-0.39, 0.29) is 6.04 Å². The van der Waals surface area contributed by atoms with Gasteiger partial charge in [-0.25, -0.2) is 0 Å². The van der Waals surface area contributed by atoms with Gasteiger partial charge in [-0.05, 0) is 57.3 Å². The van der Waals surface area contributed by atoms with Crippen LogP contribution in [0, 0.1) is 3.57 Å². The number of nitrogens with zero attached hydrogens (tertiary/aromatic N) is 1. The number of halogens is 2. The first kappa shape index (κ1) is 13.8. The van der Waals surface area contributed by atoms with Crippen LogP contribution in [0.3, 0.4) is 0 Å². The van der Waals surface area contributed by atoms with Crippen molar-refractivity contribution in [3.63, 3.8) is 0 Å².